The summed E-state index contributed by atoms with van der Waals surface area (Å²) in [7, 11) is 0. The fourth-order valence-electron chi connectivity index (χ4n) is 4.47. The average Bonchev–Trinajstić information content (AvgIpc) is 3.16. The van der Waals surface area contributed by atoms with Crippen LogP contribution in [0.15, 0.2) is 48.8 Å². The number of anilines is 2. The number of carbonyl (C=O) groups excluding carboxylic acids is 2. The van der Waals surface area contributed by atoms with E-state index in [1.54, 1.807) is 35.9 Å². The molecule has 0 saturated heterocycles. The highest BCUT2D eigenvalue weighted by Gasteiger charge is 2.34. The van der Waals surface area contributed by atoms with E-state index in [-0.39, 0.29) is 17.2 Å². The zero-order valence-electron chi connectivity index (χ0n) is 19.7. The molecule has 0 bridgehead atoms. The molecule has 2 N–H and O–H groups in total. The zero-order valence-corrected chi connectivity index (χ0v) is 20.5. The number of thiophene rings is 1. The van der Waals surface area contributed by atoms with Crippen molar-refractivity contribution < 1.29 is 9.59 Å². The SMILES string of the molecule is CCc1ccccc1NC(=O)c1c(NC(=O)c2ccncc2)sc2c1CCC(C(C)(C)C)C2. The summed E-state index contributed by atoms with van der Waals surface area (Å²) in [6, 6.07) is 11.2. The molecule has 0 fully saturated rings. The van der Waals surface area contributed by atoms with Crippen LogP contribution in [-0.2, 0) is 19.3 Å². The lowest BCUT2D eigenvalue weighted by Gasteiger charge is -2.33. The van der Waals surface area contributed by atoms with Crippen molar-refractivity contribution in [3.05, 3.63) is 75.9 Å². The van der Waals surface area contributed by atoms with E-state index < -0.39 is 0 Å². The number of aryl methyl sites for hydroxylation is 1. The molecule has 0 aliphatic heterocycles. The molecular weight excluding hydrogens is 430 g/mol. The summed E-state index contributed by atoms with van der Waals surface area (Å²) in [6.07, 6.45) is 6.83. The van der Waals surface area contributed by atoms with E-state index >= 15 is 0 Å². The summed E-state index contributed by atoms with van der Waals surface area (Å²) in [5.41, 5.74) is 4.31. The van der Waals surface area contributed by atoms with E-state index in [4.69, 9.17) is 0 Å². The number of nitrogens with zero attached hydrogens (tertiary/aromatic N) is 1. The van der Waals surface area contributed by atoms with E-state index in [1.807, 2.05) is 24.3 Å². The molecule has 1 aliphatic carbocycles. The predicted molar refractivity (Wildman–Crippen MR) is 135 cm³/mol. The molecule has 1 unspecified atom stereocenters. The topological polar surface area (TPSA) is 71.1 Å². The van der Waals surface area contributed by atoms with Gasteiger partial charge in [-0.05, 0) is 66.3 Å². The maximum absolute atomic E-state index is 13.6. The van der Waals surface area contributed by atoms with Gasteiger partial charge >= 0.3 is 0 Å². The molecule has 2 aromatic heterocycles. The molecule has 1 aliphatic rings. The molecule has 6 heteroatoms. The van der Waals surface area contributed by atoms with E-state index in [0.717, 1.165) is 42.5 Å². The molecule has 2 amide bonds. The highest BCUT2D eigenvalue weighted by molar-refractivity contribution is 7.17. The summed E-state index contributed by atoms with van der Waals surface area (Å²) in [5, 5.41) is 6.77. The standard InChI is InChI=1S/C27H31N3O2S/c1-5-17-8-6-7-9-21(17)29-25(32)23-20-11-10-19(27(2,3)4)16-22(20)33-26(23)30-24(31)18-12-14-28-15-13-18/h6-9,12-15,19H,5,10-11,16H2,1-4H3,(H,29,32)(H,30,31). The van der Waals surface area contributed by atoms with Crippen LogP contribution >= 0.6 is 11.3 Å². The second kappa shape index (κ2) is 9.48. The minimum atomic E-state index is -0.230. The number of nitrogens with one attached hydrogen (secondary N) is 2. The van der Waals surface area contributed by atoms with Crippen molar-refractivity contribution in [1.29, 1.82) is 0 Å². The summed E-state index contributed by atoms with van der Waals surface area (Å²) >= 11 is 1.55. The van der Waals surface area contributed by atoms with Gasteiger partial charge in [-0.1, -0.05) is 45.9 Å². The smallest absolute Gasteiger partial charge is 0.258 e. The lowest BCUT2D eigenvalue weighted by atomic mass is 9.72. The minimum Gasteiger partial charge on any atom is -0.322 e. The van der Waals surface area contributed by atoms with Crippen molar-refractivity contribution in [2.24, 2.45) is 11.3 Å². The van der Waals surface area contributed by atoms with Crippen molar-refractivity contribution >= 4 is 33.8 Å². The lowest BCUT2D eigenvalue weighted by Crippen LogP contribution is -2.27. The number of aromatic nitrogens is 1. The van der Waals surface area contributed by atoms with Gasteiger partial charge in [-0.15, -0.1) is 11.3 Å². The molecule has 0 spiro atoms. The molecule has 1 atom stereocenters. The number of carbonyl (C=O) groups is 2. The molecule has 0 radical (unpaired) electrons. The Balaban J connectivity index is 1.70. The van der Waals surface area contributed by atoms with Gasteiger partial charge in [-0.2, -0.15) is 0 Å². The third kappa shape index (κ3) is 5.01. The van der Waals surface area contributed by atoms with Crippen molar-refractivity contribution in [2.75, 3.05) is 10.6 Å². The third-order valence-corrected chi connectivity index (χ3v) is 7.70. The summed E-state index contributed by atoms with van der Waals surface area (Å²) in [5.74, 6) is 0.156. The van der Waals surface area contributed by atoms with E-state index in [1.165, 1.54) is 4.88 Å². The Labute approximate surface area is 199 Å². The van der Waals surface area contributed by atoms with Crippen LogP contribution < -0.4 is 10.6 Å². The van der Waals surface area contributed by atoms with Crippen LogP contribution in [0.2, 0.25) is 0 Å². The Morgan fingerprint density at radius 2 is 1.79 bits per heavy atom. The van der Waals surface area contributed by atoms with Crippen molar-refractivity contribution in [3.63, 3.8) is 0 Å². The van der Waals surface area contributed by atoms with Crippen LogP contribution in [0, 0.1) is 11.3 Å². The Morgan fingerprint density at radius 3 is 2.48 bits per heavy atom. The second-order valence-corrected chi connectivity index (χ2v) is 10.8. The molecule has 4 rings (SSSR count). The highest BCUT2D eigenvalue weighted by atomic mass is 32.1. The first-order valence-corrected chi connectivity index (χ1v) is 12.3. The number of benzene rings is 1. The van der Waals surface area contributed by atoms with Crippen LogP contribution in [0.5, 0.6) is 0 Å². The van der Waals surface area contributed by atoms with Gasteiger partial charge in [-0.3, -0.25) is 14.6 Å². The summed E-state index contributed by atoms with van der Waals surface area (Å²) < 4.78 is 0. The molecule has 3 aromatic rings. The lowest BCUT2D eigenvalue weighted by molar-refractivity contribution is 0.102. The quantitative estimate of drug-likeness (QED) is 0.464. The second-order valence-electron chi connectivity index (χ2n) is 9.67. The summed E-state index contributed by atoms with van der Waals surface area (Å²) in [6.45, 7) is 8.90. The molecule has 172 valence electrons. The number of rotatable bonds is 5. The van der Waals surface area contributed by atoms with Gasteiger partial charge in [0.1, 0.15) is 5.00 Å². The van der Waals surface area contributed by atoms with Gasteiger partial charge in [0.15, 0.2) is 0 Å². The van der Waals surface area contributed by atoms with Crippen molar-refractivity contribution in [1.82, 2.24) is 4.98 Å². The number of hydrogen-bond donors (Lipinski definition) is 2. The van der Waals surface area contributed by atoms with Crippen LogP contribution in [0.3, 0.4) is 0 Å². The molecule has 0 saturated carbocycles. The highest BCUT2D eigenvalue weighted by Crippen LogP contribution is 2.44. The predicted octanol–water partition coefficient (Wildman–Crippen LogP) is 6.36. The van der Waals surface area contributed by atoms with E-state index in [0.29, 0.717) is 22.0 Å². The molecule has 5 nitrogen and oxygen atoms in total. The number of amides is 2. The maximum Gasteiger partial charge on any atom is 0.258 e. The van der Waals surface area contributed by atoms with Gasteiger partial charge in [0.25, 0.3) is 11.8 Å². The van der Waals surface area contributed by atoms with E-state index in [2.05, 4.69) is 43.3 Å². The zero-order chi connectivity index (χ0) is 23.6. The third-order valence-electron chi connectivity index (χ3n) is 6.53. The average molecular weight is 462 g/mol. The molecule has 2 heterocycles. The Morgan fingerprint density at radius 1 is 1.06 bits per heavy atom. The minimum absolute atomic E-state index is 0.160. The molecule has 1 aromatic carbocycles. The van der Waals surface area contributed by atoms with Crippen LogP contribution in [-0.4, -0.2) is 16.8 Å². The largest absolute Gasteiger partial charge is 0.322 e. The fourth-order valence-corrected chi connectivity index (χ4v) is 5.79. The Hall–Kier alpha value is -2.99. The first kappa shape index (κ1) is 23.2. The Bertz CT molecular complexity index is 1160. The summed E-state index contributed by atoms with van der Waals surface area (Å²) in [4.78, 5) is 31.7. The van der Waals surface area contributed by atoms with Gasteiger partial charge < -0.3 is 10.6 Å². The normalized spacial score (nSPS) is 15.6. The monoisotopic (exact) mass is 461 g/mol. The number of para-hydroxylation sites is 1. The number of fused-ring (bicyclic) bond motifs is 1. The van der Waals surface area contributed by atoms with Crippen LogP contribution in [0.4, 0.5) is 10.7 Å². The first-order valence-electron chi connectivity index (χ1n) is 11.5. The number of hydrogen-bond acceptors (Lipinski definition) is 4. The van der Waals surface area contributed by atoms with Gasteiger partial charge in [-0.25, -0.2) is 0 Å². The van der Waals surface area contributed by atoms with Crippen LogP contribution in [0.25, 0.3) is 0 Å². The Kier molecular flexibility index (Phi) is 6.66. The fraction of sp³-hybridized carbons (Fsp3) is 0.370. The molecule has 33 heavy (non-hydrogen) atoms. The molecular formula is C27H31N3O2S. The maximum atomic E-state index is 13.6. The first-order chi connectivity index (χ1) is 15.8. The van der Waals surface area contributed by atoms with Crippen molar-refractivity contribution in [2.45, 2.75) is 53.4 Å². The van der Waals surface area contributed by atoms with Crippen LogP contribution in [0.1, 0.15) is 70.8 Å². The van der Waals surface area contributed by atoms with Gasteiger partial charge in [0.05, 0.1) is 5.56 Å². The number of pyridine rings is 1. The van der Waals surface area contributed by atoms with Gasteiger partial charge in [0.2, 0.25) is 0 Å². The van der Waals surface area contributed by atoms with Crippen molar-refractivity contribution in [3.8, 4) is 0 Å². The van der Waals surface area contributed by atoms with Gasteiger partial charge in [0, 0.05) is 28.5 Å². The van der Waals surface area contributed by atoms with E-state index in [9.17, 15) is 9.59 Å².